The molecule has 2 aromatic heterocycles. The first-order valence-electron chi connectivity index (χ1n) is 10.7. The normalized spacial score (nSPS) is 15.3. The Labute approximate surface area is 186 Å². The lowest BCUT2D eigenvalue weighted by Crippen LogP contribution is -2.41. The summed E-state index contributed by atoms with van der Waals surface area (Å²) in [5.74, 6) is 0.591. The highest BCUT2D eigenvalue weighted by Gasteiger charge is 2.23. The van der Waals surface area contributed by atoms with Crippen LogP contribution in [0.5, 0.6) is 0 Å². The Morgan fingerprint density at radius 2 is 2.00 bits per heavy atom. The van der Waals surface area contributed by atoms with Crippen LogP contribution in [0.1, 0.15) is 32.8 Å². The quantitative estimate of drug-likeness (QED) is 0.562. The molecule has 1 aromatic carbocycles. The fraction of sp³-hybridized carbons (Fsp3) is 0.391. The zero-order valence-corrected chi connectivity index (χ0v) is 18.6. The molecule has 4 bridgehead atoms. The average molecular weight is 437 g/mol. The highest BCUT2D eigenvalue weighted by Crippen LogP contribution is 2.26. The van der Waals surface area contributed by atoms with Gasteiger partial charge in [-0.05, 0) is 44.0 Å². The minimum Gasteiger partial charge on any atom is -0.444 e. The molecule has 0 saturated carbocycles. The molecule has 3 aromatic rings. The third kappa shape index (κ3) is 5.16. The van der Waals surface area contributed by atoms with E-state index in [0.717, 1.165) is 16.7 Å². The molecule has 0 spiro atoms. The van der Waals surface area contributed by atoms with Crippen LogP contribution in [0.15, 0.2) is 42.7 Å². The van der Waals surface area contributed by atoms with Gasteiger partial charge in [-0.25, -0.2) is 14.3 Å². The number of hydrogen-bond acceptors (Lipinski definition) is 6. The standard InChI is InChI=1S/C23H28N6O3/c1-23(2,3)32-22(31)28-12-10-25-20(30)7-9-24-19-8-11-29-21(27-19)18(14-26-29)17-6-4-5-16(13-17)15-28/h4-6,8,11,13-14H,7,9-10,12,15H2,1-3H3,(H,24,27)(H,25,30). The molecular formula is C23H28N6O3. The second kappa shape index (κ2) is 8.86. The summed E-state index contributed by atoms with van der Waals surface area (Å²) >= 11 is 0. The van der Waals surface area contributed by atoms with E-state index in [1.165, 1.54) is 0 Å². The molecule has 4 rings (SSSR count). The minimum atomic E-state index is -0.608. The number of amides is 2. The van der Waals surface area contributed by atoms with E-state index in [1.807, 2.05) is 57.3 Å². The van der Waals surface area contributed by atoms with Crippen molar-refractivity contribution in [3.8, 4) is 11.1 Å². The number of fused-ring (bicyclic) bond motifs is 4. The summed E-state index contributed by atoms with van der Waals surface area (Å²) in [6, 6.07) is 9.78. The van der Waals surface area contributed by atoms with Crippen molar-refractivity contribution in [3.05, 3.63) is 48.3 Å². The van der Waals surface area contributed by atoms with Crippen LogP contribution in [-0.4, -0.2) is 56.7 Å². The Kier molecular flexibility index (Phi) is 5.98. The van der Waals surface area contributed by atoms with E-state index < -0.39 is 11.7 Å². The maximum Gasteiger partial charge on any atom is 0.410 e. The fourth-order valence-electron chi connectivity index (χ4n) is 3.51. The molecular weight excluding hydrogens is 408 g/mol. The number of ether oxygens (including phenoxy) is 1. The molecule has 0 saturated heterocycles. The summed E-state index contributed by atoms with van der Waals surface area (Å²) in [7, 11) is 0. The molecule has 1 aliphatic heterocycles. The fourth-order valence-corrected chi connectivity index (χ4v) is 3.51. The molecule has 0 aliphatic carbocycles. The summed E-state index contributed by atoms with van der Waals surface area (Å²) in [6.45, 7) is 7.00. The van der Waals surface area contributed by atoms with Gasteiger partial charge in [0.15, 0.2) is 5.65 Å². The molecule has 0 atom stereocenters. The van der Waals surface area contributed by atoms with Crippen LogP contribution in [-0.2, 0) is 16.1 Å². The van der Waals surface area contributed by atoms with Gasteiger partial charge in [0.1, 0.15) is 11.4 Å². The maximum atomic E-state index is 12.8. The van der Waals surface area contributed by atoms with E-state index in [-0.39, 0.29) is 5.91 Å². The summed E-state index contributed by atoms with van der Waals surface area (Å²) in [5.41, 5.74) is 2.91. The van der Waals surface area contributed by atoms with Gasteiger partial charge in [-0.3, -0.25) is 4.79 Å². The number of nitrogens with zero attached hydrogens (tertiary/aromatic N) is 4. The van der Waals surface area contributed by atoms with Gasteiger partial charge in [-0.2, -0.15) is 5.10 Å². The number of rotatable bonds is 0. The van der Waals surface area contributed by atoms with Crippen molar-refractivity contribution in [2.45, 2.75) is 39.3 Å². The summed E-state index contributed by atoms with van der Waals surface area (Å²) in [6.07, 6.45) is 3.51. The Balaban J connectivity index is 1.70. The summed E-state index contributed by atoms with van der Waals surface area (Å²) < 4.78 is 7.30. The SMILES string of the molecule is CC(C)(C)OC(=O)N1CCNC(=O)CCNc2ccn3ncc(c3n2)-c2cccc(c2)C1. The molecule has 168 valence electrons. The van der Waals surface area contributed by atoms with E-state index in [1.54, 1.807) is 15.6 Å². The highest BCUT2D eigenvalue weighted by molar-refractivity contribution is 5.79. The molecule has 0 radical (unpaired) electrons. The van der Waals surface area contributed by atoms with E-state index in [9.17, 15) is 9.59 Å². The van der Waals surface area contributed by atoms with Gasteiger partial charge < -0.3 is 20.3 Å². The second-order valence-corrected chi connectivity index (χ2v) is 8.77. The van der Waals surface area contributed by atoms with E-state index in [0.29, 0.717) is 44.1 Å². The maximum absolute atomic E-state index is 12.8. The molecule has 1 aliphatic rings. The van der Waals surface area contributed by atoms with Crippen LogP contribution < -0.4 is 10.6 Å². The third-order valence-electron chi connectivity index (χ3n) is 4.99. The molecule has 9 heteroatoms. The Morgan fingerprint density at radius 1 is 1.16 bits per heavy atom. The zero-order chi connectivity index (χ0) is 22.7. The van der Waals surface area contributed by atoms with Crippen molar-refractivity contribution in [1.29, 1.82) is 0 Å². The van der Waals surface area contributed by atoms with Crippen molar-refractivity contribution in [2.24, 2.45) is 0 Å². The van der Waals surface area contributed by atoms with Crippen LogP contribution in [0.25, 0.3) is 16.8 Å². The summed E-state index contributed by atoms with van der Waals surface area (Å²) in [4.78, 5) is 31.3. The number of benzene rings is 1. The number of carbonyl (C=O) groups excluding carboxylic acids is 2. The molecule has 32 heavy (non-hydrogen) atoms. The number of nitrogens with one attached hydrogen (secondary N) is 2. The molecule has 3 heterocycles. The topological polar surface area (TPSA) is 101 Å². The molecule has 9 nitrogen and oxygen atoms in total. The van der Waals surface area contributed by atoms with Crippen LogP contribution in [0, 0.1) is 0 Å². The lowest BCUT2D eigenvalue weighted by Gasteiger charge is -2.27. The van der Waals surface area contributed by atoms with E-state index >= 15 is 0 Å². The van der Waals surface area contributed by atoms with Crippen molar-refractivity contribution in [2.75, 3.05) is 25.0 Å². The number of aromatic nitrogens is 3. The molecule has 0 fully saturated rings. The number of carbonyl (C=O) groups is 2. The van der Waals surface area contributed by atoms with Crippen LogP contribution in [0.2, 0.25) is 0 Å². The average Bonchev–Trinajstić information content (AvgIpc) is 3.15. The van der Waals surface area contributed by atoms with Crippen molar-refractivity contribution in [3.63, 3.8) is 0 Å². The lowest BCUT2D eigenvalue weighted by atomic mass is 10.1. The monoisotopic (exact) mass is 436 g/mol. The first-order chi connectivity index (χ1) is 15.3. The predicted octanol–water partition coefficient (Wildman–Crippen LogP) is 3.07. The van der Waals surface area contributed by atoms with Gasteiger partial charge in [-0.1, -0.05) is 18.2 Å². The van der Waals surface area contributed by atoms with Gasteiger partial charge in [0.2, 0.25) is 5.91 Å². The van der Waals surface area contributed by atoms with Gasteiger partial charge in [0.05, 0.1) is 6.20 Å². The van der Waals surface area contributed by atoms with E-state index in [4.69, 9.17) is 4.74 Å². The first-order valence-corrected chi connectivity index (χ1v) is 10.7. The van der Waals surface area contributed by atoms with Crippen LogP contribution >= 0.6 is 0 Å². The molecule has 0 unspecified atom stereocenters. The summed E-state index contributed by atoms with van der Waals surface area (Å²) in [5, 5.41) is 10.5. The number of anilines is 1. The predicted molar refractivity (Wildman–Crippen MR) is 121 cm³/mol. The van der Waals surface area contributed by atoms with Crippen molar-refractivity contribution in [1.82, 2.24) is 24.8 Å². The highest BCUT2D eigenvalue weighted by atomic mass is 16.6. The van der Waals surface area contributed by atoms with Crippen molar-refractivity contribution >= 4 is 23.5 Å². The molecule has 2 amide bonds. The zero-order valence-electron chi connectivity index (χ0n) is 18.6. The van der Waals surface area contributed by atoms with Crippen LogP contribution in [0.3, 0.4) is 0 Å². The first kappa shape index (κ1) is 21.6. The van der Waals surface area contributed by atoms with Gasteiger partial charge >= 0.3 is 6.09 Å². The third-order valence-corrected chi connectivity index (χ3v) is 4.99. The second-order valence-electron chi connectivity index (χ2n) is 8.77. The Hall–Kier alpha value is -3.62. The molecule has 2 N–H and O–H groups in total. The van der Waals surface area contributed by atoms with Gasteiger partial charge in [0, 0.05) is 44.4 Å². The Bertz CT molecular complexity index is 1130. The Morgan fingerprint density at radius 3 is 2.81 bits per heavy atom. The smallest absolute Gasteiger partial charge is 0.410 e. The van der Waals surface area contributed by atoms with E-state index in [2.05, 4.69) is 20.7 Å². The largest absolute Gasteiger partial charge is 0.444 e. The van der Waals surface area contributed by atoms with Gasteiger partial charge in [-0.15, -0.1) is 0 Å². The van der Waals surface area contributed by atoms with Gasteiger partial charge in [0.25, 0.3) is 0 Å². The lowest BCUT2D eigenvalue weighted by molar-refractivity contribution is -0.120. The minimum absolute atomic E-state index is 0.0955. The van der Waals surface area contributed by atoms with Crippen LogP contribution in [0.4, 0.5) is 10.6 Å². The number of hydrogen-bond donors (Lipinski definition) is 2. The van der Waals surface area contributed by atoms with Crippen molar-refractivity contribution < 1.29 is 14.3 Å².